The third-order valence-electron chi connectivity index (χ3n) is 7.75. The van der Waals surface area contributed by atoms with Crippen LogP contribution in [0.3, 0.4) is 0 Å². The van der Waals surface area contributed by atoms with Crippen LogP contribution < -0.4 is 0 Å². The molecule has 2 unspecified atom stereocenters. The molecule has 0 aliphatic heterocycles. The summed E-state index contributed by atoms with van der Waals surface area (Å²) in [5.74, 6) is -1.11. The SMILES string of the molecule is CC/C=C/C/C=C/C/C=C/C/C=C/C/C=C/C/C=C/CCC(=O)OCC(COP(=O)(O)OC[C@H](O)CO)OC(=O)CC/C=C/C/C=C/CCCCCCCC. The van der Waals surface area contributed by atoms with Gasteiger partial charge in [-0.3, -0.25) is 18.6 Å². The van der Waals surface area contributed by atoms with Crippen LogP contribution in [0.25, 0.3) is 0 Å². The Morgan fingerprint density at radius 3 is 1.51 bits per heavy atom. The molecule has 3 atom stereocenters. The second kappa shape index (κ2) is 39.1. The summed E-state index contributed by atoms with van der Waals surface area (Å²) in [6.45, 7) is 2.07. The molecule has 0 aromatic carbocycles. The summed E-state index contributed by atoms with van der Waals surface area (Å²) in [7, 11) is -4.65. The maximum Gasteiger partial charge on any atom is 0.472 e. The molecule has 0 aliphatic carbocycles. The first-order valence-electron chi connectivity index (χ1n) is 20.2. The van der Waals surface area contributed by atoms with Gasteiger partial charge >= 0.3 is 19.8 Å². The Morgan fingerprint density at radius 2 is 1.00 bits per heavy atom. The summed E-state index contributed by atoms with van der Waals surface area (Å²) in [6, 6.07) is 0. The lowest BCUT2D eigenvalue weighted by molar-refractivity contribution is -0.161. The first kappa shape index (κ1) is 51.9. The van der Waals surface area contributed by atoms with Gasteiger partial charge in [0.05, 0.1) is 19.8 Å². The molecule has 0 aromatic heterocycles. The number of esters is 2. The molecule has 0 aliphatic rings. The van der Waals surface area contributed by atoms with Gasteiger partial charge in [-0.1, -0.05) is 143 Å². The van der Waals surface area contributed by atoms with Crippen molar-refractivity contribution in [3.05, 3.63) is 97.2 Å². The molecule has 0 heterocycles. The second-order valence-electron chi connectivity index (χ2n) is 12.9. The van der Waals surface area contributed by atoms with Crippen LogP contribution >= 0.6 is 7.82 Å². The van der Waals surface area contributed by atoms with Crippen LogP contribution in [-0.2, 0) is 32.7 Å². The van der Waals surface area contributed by atoms with Crippen molar-refractivity contribution in [1.29, 1.82) is 0 Å². The number of rotatable bonds is 36. The van der Waals surface area contributed by atoms with Gasteiger partial charge in [0, 0.05) is 12.8 Å². The van der Waals surface area contributed by atoms with E-state index >= 15 is 0 Å². The quantitative estimate of drug-likeness (QED) is 0.0242. The molecule has 11 heteroatoms. The number of hydrogen-bond acceptors (Lipinski definition) is 9. The van der Waals surface area contributed by atoms with Crippen molar-refractivity contribution < 1.29 is 47.8 Å². The van der Waals surface area contributed by atoms with E-state index in [1.807, 2.05) is 24.3 Å². The molecule has 0 amide bonds. The third kappa shape index (κ3) is 38.9. The number of phosphoric ester groups is 1. The van der Waals surface area contributed by atoms with Gasteiger partial charge in [-0.25, -0.2) is 4.57 Å². The zero-order valence-corrected chi connectivity index (χ0v) is 34.5. The first-order valence-corrected chi connectivity index (χ1v) is 21.7. The fourth-order valence-electron chi connectivity index (χ4n) is 4.66. The highest BCUT2D eigenvalue weighted by molar-refractivity contribution is 7.47. The fraction of sp³-hybridized carbons (Fsp3) is 0.591. The predicted molar refractivity (Wildman–Crippen MR) is 223 cm³/mol. The standard InChI is InChI=1S/C44H71O10P/c1-3-5-7-9-11-13-15-17-18-19-20-21-22-24-25-27-29-31-33-35-43(47)51-39-42(40-53-55(49,50)52-38-41(46)37-45)54-44(48)36-34-32-30-28-26-23-16-14-12-10-8-6-4-2/h5,7,11,13,17-18,20-21,23-26,29-32,41-42,45-46H,3-4,6,8-10,12,14-16,19,22,27-28,33-40H2,1-2H3,(H,49,50)/b7-5+,13-11+,18-17+,21-20+,25-24+,26-23+,31-29+,32-30+/t41-,42?/m1/s1. The summed E-state index contributed by atoms with van der Waals surface area (Å²) in [5, 5.41) is 18.3. The predicted octanol–water partition coefficient (Wildman–Crippen LogP) is 10.4. The Hall–Kier alpha value is -3.11. The van der Waals surface area contributed by atoms with Crippen LogP contribution in [0.5, 0.6) is 0 Å². The van der Waals surface area contributed by atoms with Gasteiger partial charge < -0.3 is 24.6 Å². The van der Waals surface area contributed by atoms with Crippen molar-refractivity contribution in [2.75, 3.05) is 26.4 Å². The van der Waals surface area contributed by atoms with Crippen molar-refractivity contribution in [1.82, 2.24) is 0 Å². The molecule has 0 bridgehead atoms. The molecule has 10 nitrogen and oxygen atoms in total. The highest BCUT2D eigenvalue weighted by Crippen LogP contribution is 2.43. The Morgan fingerprint density at radius 1 is 0.564 bits per heavy atom. The summed E-state index contributed by atoms with van der Waals surface area (Å²) >= 11 is 0. The summed E-state index contributed by atoms with van der Waals surface area (Å²) in [6.07, 6.45) is 46.9. The third-order valence-corrected chi connectivity index (χ3v) is 8.70. The minimum atomic E-state index is -4.65. The normalized spacial score (nSPS) is 14.9. The van der Waals surface area contributed by atoms with E-state index in [1.54, 1.807) is 0 Å². The average molecular weight is 791 g/mol. The van der Waals surface area contributed by atoms with E-state index in [2.05, 4.69) is 91.3 Å². The molecule has 0 aromatic rings. The summed E-state index contributed by atoms with van der Waals surface area (Å²) < 4.78 is 32.5. The molecule has 0 rings (SSSR count). The molecular weight excluding hydrogens is 719 g/mol. The maximum atomic E-state index is 12.5. The van der Waals surface area contributed by atoms with Gasteiger partial charge in [-0.05, 0) is 70.6 Å². The van der Waals surface area contributed by atoms with Crippen molar-refractivity contribution in [2.45, 2.75) is 142 Å². The van der Waals surface area contributed by atoms with Crippen molar-refractivity contribution >= 4 is 19.8 Å². The number of hydrogen-bond donors (Lipinski definition) is 3. The number of allylic oxidation sites excluding steroid dienone is 16. The lowest BCUT2D eigenvalue weighted by Gasteiger charge is -2.20. The van der Waals surface area contributed by atoms with Gasteiger partial charge in [0.1, 0.15) is 12.7 Å². The zero-order valence-electron chi connectivity index (χ0n) is 33.6. The Labute approximate surface area is 332 Å². The van der Waals surface area contributed by atoms with Crippen LogP contribution in [0.15, 0.2) is 97.2 Å². The molecule has 55 heavy (non-hydrogen) atoms. The van der Waals surface area contributed by atoms with Crippen LogP contribution in [-0.4, -0.2) is 65.7 Å². The molecule has 3 N–H and O–H groups in total. The largest absolute Gasteiger partial charge is 0.472 e. The average Bonchev–Trinajstić information content (AvgIpc) is 3.17. The topological polar surface area (TPSA) is 149 Å². The smallest absolute Gasteiger partial charge is 0.462 e. The molecule has 0 saturated carbocycles. The van der Waals surface area contributed by atoms with Crippen molar-refractivity contribution in [3.8, 4) is 0 Å². The Bertz CT molecular complexity index is 1230. The van der Waals surface area contributed by atoms with Gasteiger partial charge in [0.25, 0.3) is 0 Å². The van der Waals surface area contributed by atoms with Crippen LogP contribution in [0, 0.1) is 0 Å². The minimum absolute atomic E-state index is 0.0566. The number of aliphatic hydroxyl groups is 2. The van der Waals surface area contributed by atoms with E-state index in [0.29, 0.717) is 12.8 Å². The molecule has 312 valence electrons. The van der Waals surface area contributed by atoms with E-state index in [-0.39, 0.29) is 19.4 Å². The van der Waals surface area contributed by atoms with Gasteiger partial charge in [0.2, 0.25) is 0 Å². The van der Waals surface area contributed by atoms with Crippen LogP contribution in [0.4, 0.5) is 0 Å². The number of phosphoric acid groups is 1. The van der Waals surface area contributed by atoms with Gasteiger partial charge in [-0.2, -0.15) is 0 Å². The number of carbonyl (C=O) groups excluding carboxylic acids is 2. The lowest BCUT2D eigenvalue weighted by Crippen LogP contribution is -2.29. The molecule has 0 saturated heterocycles. The molecule has 0 fully saturated rings. The van der Waals surface area contributed by atoms with Crippen LogP contribution in [0.2, 0.25) is 0 Å². The number of unbranched alkanes of at least 4 members (excludes halogenated alkanes) is 6. The zero-order chi connectivity index (χ0) is 40.5. The Kier molecular flexibility index (Phi) is 36.9. The second-order valence-corrected chi connectivity index (χ2v) is 14.4. The van der Waals surface area contributed by atoms with E-state index < -0.39 is 51.8 Å². The van der Waals surface area contributed by atoms with E-state index in [0.717, 1.165) is 51.4 Å². The van der Waals surface area contributed by atoms with Gasteiger partial charge in [-0.15, -0.1) is 0 Å². The number of carbonyl (C=O) groups is 2. The van der Waals surface area contributed by atoms with E-state index in [1.165, 1.54) is 38.5 Å². The molecule has 0 radical (unpaired) electrons. The minimum Gasteiger partial charge on any atom is -0.462 e. The highest BCUT2D eigenvalue weighted by Gasteiger charge is 2.27. The fourth-order valence-corrected chi connectivity index (χ4v) is 5.45. The molecule has 0 spiro atoms. The van der Waals surface area contributed by atoms with Crippen molar-refractivity contribution in [2.24, 2.45) is 0 Å². The maximum absolute atomic E-state index is 12.5. The number of ether oxygens (including phenoxy) is 2. The lowest BCUT2D eigenvalue weighted by atomic mass is 10.1. The summed E-state index contributed by atoms with van der Waals surface area (Å²) in [5.41, 5.74) is 0. The van der Waals surface area contributed by atoms with Gasteiger partial charge in [0.15, 0.2) is 6.10 Å². The monoisotopic (exact) mass is 790 g/mol. The van der Waals surface area contributed by atoms with Crippen molar-refractivity contribution in [3.63, 3.8) is 0 Å². The number of aliphatic hydroxyl groups excluding tert-OH is 2. The van der Waals surface area contributed by atoms with E-state index in [9.17, 15) is 24.2 Å². The Balaban J connectivity index is 4.54. The van der Waals surface area contributed by atoms with Crippen LogP contribution in [0.1, 0.15) is 129 Å². The molecular formula is C44H71O10P. The first-order chi connectivity index (χ1) is 26.7. The van der Waals surface area contributed by atoms with E-state index in [4.69, 9.17) is 19.1 Å². The highest BCUT2D eigenvalue weighted by atomic mass is 31.2. The summed E-state index contributed by atoms with van der Waals surface area (Å²) in [4.78, 5) is 34.8.